The number of carbonyl (C=O) groups is 1. The molecule has 0 aliphatic heterocycles. The zero-order valence-electron chi connectivity index (χ0n) is 26.8. The number of unbranched alkanes of at least 4 members (excludes halogenated alkanes) is 10. The van der Waals surface area contributed by atoms with E-state index in [1.54, 1.807) is 60.7 Å². The minimum absolute atomic E-state index is 0.0337. The van der Waals surface area contributed by atoms with Gasteiger partial charge < -0.3 is 14.2 Å². The van der Waals surface area contributed by atoms with E-state index in [1.165, 1.54) is 70.3 Å². The number of rotatable bonds is 19. The van der Waals surface area contributed by atoms with Gasteiger partial charge in [-0.05, 0) is 92.9 Å². The van der Waals surface area contributed by atoms with Gasteiger partial charge in [-0.1, -0.05) is 89.9 Å². The van der Waals surface area contributed by atoms with Crippen molar-refractivity contribution in [1.82, 2.24) is 0 Å². The number of benzene rings is 3. The third-order valence-electron chi connectivity index (χ3n) is 7.50. The van der Waals surface area contributed by atoms with Crippen LogP contribution >= 0.6 is 0 Å². The number of esters is 1. The van der Waals surface area contributed by atoms with E-state index < -0.39 is 11.8 Å². The Kier molecular flexibility index (Phi) is 16.0. The molecular weight excluding hydrogens is 551 g/mol. The van der Waals surface area contributed by atoms with E-state index in [0.717, 1.165) is 30.6 Å². The molecule has 0 aliphatic carbocycles. The quantitative estimate of drug-likeness (QED) is 0.0594. The molecule has 0 radical (unpaired) electrons. The Hall–Kier alpha value is -3.78. The lowest BCUT2D eigenvalue weighted by molar-refractivity contribution is 0.0734. The molecule has 1 unspecified atom stereocenters. The zero-order valence-corrected chi connectivity index (χ0v) is 26.8. The van der Waals surface area contributed by atoms with Crippen molar-refractivity contribution in [3.8, 4) is 29.1 Å². The molecule has 0 spiro atoms. The molecule has 0 fully saturated rings. The Balaban J connectivity index is 1.41. The molecule has 236 valence electrons. The number of ether oxygens (including phenoxy) is 3. The van der Waals surface area contributed by atoms with Gasteiger partial charge in [-0.25, -0.2) is 9.18 Å². The van der Waals surface area contributed by atoms with Crippen LogP contribution in [0.2, 0.25) is 0 Å². The van der Waals surface area contributed by atoms with Gasteiger partial charge in [0.1, 0.15) is 11.5 Å². The first-order chi connectivity index (χ1) is 21.5. The zero-order chi connectivity index (χ0) is 31.4. The molecule has 1 atom stereocenters. The first-order valence-electron chi connectivity index (χ1n) is 16.5. The van der Waals surface area contributed by atoms with Crippen molar-refractivity contribution >= 4 is 5.97 Å². The summed E-state index contributed by atoms with van der Waals surface area (Å²) in [5.41, 5.74) is 1.74. The molecule has 0 saturated carbocycles. The fourth-order valence-electron chi connectivity index (χ4n) is 4.84. The maximum atomic E-state index is 14.6. The van der Waals surface area contributed by atoms with Crippen molar-refractivity contribution in [1.29, 1.82) is 0 Å². The molecule has 0 saturated heterocycles. The molecule has 0 aromatic heterocycles. The van der Waals surface area contributed by atoms with Crippen LogP contribution in [0, 0.1) is 17.7 Å². The van der Waals surface area contributed by atoms with Crippen LogP contribution < -0.4 is 14.2 Å². The maximum Gasteiger partial charge on any atom is 0.343 e. The Morgan fingerprint density at radius 3 is 1.93 bits per heavy atom. The van der Waals surface area contributed by atoms with Crippen LogP contribution in [-0.4, -0.2) is 18.7 Å². The highest BCUT2D eigenvalue weighted by Gasteiger charge is 2.10. The molecule has 0 heterocycles. The summed E-state index contributed by atoms with van der Waals surface area (Å²) in [6.07, 6.45) is 15.6. The normalized spacial score (nSPS) is 11.4. The second-order valence-electron chi connectivity index (χ2n) is 11.4. The van der Waals surface area contributed by atoms with Crippen molar-refractivity contribution in [2.75, 3.05) is 6.61 Å². The van der Waals surface area contributed by atoms with Gasteiger partial charge in [0.2, 0.25) is 0 Å². The van der Waals surface area contributed by atoms with Crippen LogP contribution in [0.4, 0.5) is 4.39 Å². The van der Waals surface area contributed by atoms with Gasteiger partial charge in [0.15, 0.2) is 11.6 Å². The SMILES string of the molecule is CCCCCCCCCCOc1ccc(C(=O)Oc2ccc(C#Cc3ccc(OC(C)CCCCCC)c(F)c3)cc2)cc1. The third-order valence-corrected chi connectivity index (χ3v) is 7.50. The van der Waals surface area contributed by atoms with Crippen LogP contribution in [0.5, 0.6) is 17.2 Å². The molecule has 5 heteroatoms. The lowest BCUT2D eigenvalue weighted by Crippen LogP contribution is -2.12. The maximum absolute atomic E-state index is 14.6. The van der Waals surface area contributed by atoms with Crippen LogP contribution in [0.25, 0.3) is 0 Å². The Morgan fingerprint density at radius 1 is 0.705 bits per heavy atom. The molecule has 0 amide bonds. The molecule has 4 nitrogen and oxygen atoms in total. The smallest absolute Gasteiger partial charge is 0.343 e. The lowest BCUT2D eigenvalue weighted by atomic mass is 10.1. The van der Waals surface area contributed by atoms with Gasteiger partial charge in [0, 0.05) is 11.1 Å². The van der Waals surface area contributed by atoms with Crippen LogP contribution in [0.1, 0.15) is 126 Å². The Labute approximate surface area is 264 Å². The fraction of sp³-hybridized carbons (Fsp3) is 0.462. The van der Waals surface area contributed by atoms with E-state index in [1.807, 2.05) is 6.92 Å². The molecule has 3 rings (SSSR count). The van der Waals surface area contributed by atoms with Gasteiger partial charge in [-0.3, -0.25) is 0 Å². The summed E-state index contributed by atoms with van der Waals surface area (Å²) in [5.74, 6) is 6.60. The fourth-order valence-corrected chi connectivity index (χ4v) is 4.84. The second-order valence-corrected chi connectivity index (χ2v) is 11.4. The molecule has 0 N–H and O–H groups in total. The van der Waals surface area contributed by atoms with E-state index in [9.17, 15) is 9.18 Å². The van der Waals surface area contributed by atoms with Crippen molar-refractivity contribution in [3.63, 3.8) is 0 Å². The minimum Gasteiger partial charge on any atom is -0.494 e. The number of carbonyl (C=O) groups excluding carboxylic acids is 1. The standard InChI is InChI=1S/C39H49FO4/c1-4-6-8-10-11-12-13-15-29-42-35-26-22-34(23-27-35)39(41)44-36-24-19-32(20-25-36)17-18-33-21-28-38(37(40)30-33)43-31(3)16-14-9-7-5-2/h19-28,30-31H,4-16,29H2,1-3H3. The predicted molar refractivity (Wildman–Crippen MR) is 177 cm³/mol. The summed E-state index contributed by atoms with van der Waals surface area (Å²) in [4.78, 5) is 12.6. The highest BCUT2D eigenvalue weighted by molar-refractivity contribution is 5.91. The summed E-state index contributed by atoms with van der Waals surface area (Å²) in [7, 11) is 0. The van der Waals surface area contributed by atoms with Crippen molar-refractivity contribution in [3.05, 3.63) is 89.2 Å². The second kappa shape index (κ2) is 20.2. The average molecular weight is 601 g/mol. The van der Waals surface area contributed by atoms with Gasteiger partial charge in [0.25, 0.3) is 0 Å². The summed E-state index contributed by atoms with van der Waals surface area (Å²) in [6, 6.07) is 18.8. The van der Waals surface area contributed by atoms with Crippen LogP contribution in [-0.2, 0) is 0 Å². The molecule has 3 aromatic carbocycles. The minimum atomic E-state index is -0.438. The monoisotopic (exact) mass is 600 g/mol. The average Bonchev–Trinajstić information content (AvgIpc) is 3.03. The highest BCUT2D eigenvalue weighted by atomic mass is 19.1. The number of hydrogen-bond acceptors (Lipinski definition) is 4. The molecule has 44 heavy (non-hydrogen) atoms. The lowest BCUT2D eigenvalue weighted by Gasteiger charge is -2.15. The molecule has 3 aromatic rings. The summed E-state index contributed by atoms with van der Waals surface area (Å²) in [6.45, 7) is 7.08. The molecular formula is C39H49FO4. The summed E-state index contributed by atoms with van der Waals surface area (Å²) in [5, 5.41) is 0. The number of halogens is 1. The van der Waals surface area contributed by atoms with Crippen molar-refractivity contribution in [2.24, 2.45) is 0 Å². The van der Waals surface area contributed by atoms with E-state index in [0.29, 0.717) is 23.5 Å². The Bertz CT molecular complexity index is 1300. The summed E-state index contributed by atoms with van der Waals surface area (Å²) < 4.78 is 31.7. The highest BCUT2D eigenvalue weighted by Crippen LogP contribution is 2.22. The van der Waals surface area contributed by atoms with E-state index >= 15 is 0 Å². The predicted octanol–water partition coefficient (Wildman–Crippen LogP) is 10.7. The third kappa shape index (κ3) is 13.2. The first kappa shape index (κ1) is 34.7. The van der Waals surface area contributed by atoms with E-state index in [2.05, 4.69) is 25.7 Å². The largest absolute Gasteiger partial charge is 0.494 e. The first-order valence-corrected chi connectivity index (χ1v) is 16.5. The van der Waals surface area contributed by atoms with Crippen LogP contribution in [0.3, 0.4) is 0 Å². The Morgan fingerprint density at radius 2 is 1.27 bits per heavy atom. The van der Waals surface area contributed by atoms with Gasteiger partial charge in [-0.15, -0.1) is 0 Å². The van der Waals surface area contributed by atoms with Crippen LogP contribution in [0.15, 0.2) is 66.7 Å². The van der Waals surface area contributed by atoms with E-state index in [-0.39, 0.29) is 11.9 Å². The van der Waals surface area contributed by atoms with E-state index in [4.69, 9.17) is 14.2 Å². The number of hydrogen-bond donors (Lipinski definition) is 0. The van der Waals surface area contributed by atoms with Gasteiger partial charge in [0.05, 0.1) is 18.3 Å². The topological polar surface area (TPSA) is 44.8 Å². The van der Waals surface area contributed by atoms with Crippen molar-refractivity contribution < 1.29 is 23.4 Å². The summed E-state index contributed by atoms with van der Waals surface area (Å²) >= 11 is 0. The van der Waals surface area contributed by atoms with Gasteiger partial charge in [-0.2, -0.15) is 0 Å². The van der Waals surface area contributed by atoms with Crippen molar-refractivity contribution in [2.45, 2.75) is 110 Å². The van der Waals surface area contributed by atoms with Gasteiger partial charge >= 0.3 is 5.97 Å². The molecule has 0 bridgehead atoms. The molecule has 0 aliphatic rings.